The molecular weight excluding hydrogens is 206 g/mol. The van der Waals surface area contributed by atoms with Crippen LogP contribution < -0.4 is 5.32 Å². The first-order valence-electron chi connectivity index (χ1n) is 5.98. The number of hydrogen-bond acceptors (Lipinski definition) is 4. The molecule has 2 saturated carbocycles. The van der Waals surface area contributed by atoms with Crippen molar-refractivity contribution in [2.75, 3.05) is 0 Å². The Morgan fingerprint density at radius 3 is 2.73 bits per heavy atom. The highest BCUT2D eigenvalue weighted by atomic mass is 32.1. The molecule has 1 aromatic rings. The number of nitrogens with zero attached hydrogens (tertiary/aromatic N) is 2. The lowest BCUT2D eigenvalue weighted by Crippen LogP contribution is -2.15. The molecule has 3 rings (SSSR count). The highest BCUT2D eigenvalue weighted by Crippen LogP contribution is 2.35. The third-order valence-corrected chi connectivity index (χ3v) is 4.19. The Morgan fingerprint density at radius 2 is 2.00 bits per heavy atom. The molecule has 0 aromatic carbocycles. The number of aromatic nitrogens is 2. The molecule has 1 aromatic heterocycles. The van der Waals surface area contributed by atoms with E-state index in [0.717, 1.165) is 12.6 Å². The molecule has 0 atom stereocenters. The van der Waals surface area contributed by atoms with Crippen LogP contribution in [0.4, 0.5) is 0 Å². The monoisotopic (exact) mass is 223 g/mol. The van der Waals surface area contributed by atoms with Gasteiger partial charge in [-0.3, -0.25) is 0 Å². The van der Waals surface area contributed by atoms with Crippen LogP contribution in [-0.2, 0) is 6.54 Å². The Bertz CT molecular complexity index is 326. The predicted molar refractivity (Wildman–Crippen MR) is 61.0 cm³/mol. The molecule has 2 fully saturated rings. The van der Waals surface area contributed by atoms with E-state index < -0.39 is 0 Å². The fourth-order valence-corrected chi connectivity index (χ4v) is 3.05. The molecular formula is C11H17N3S. The van der Waals surface area contributed by atoms with Gasteiger partial charge in [0.05, 0.1) is 10.6 Å². The van der Waals surface area contributed by atoms with Crippen LogP contribution in [0.2, 0.25) is 0 Å². The summed E-state index contributed by atoms with van der Waals surface area (Å²) in [5.74, 6) is 0.708. The molecule has 0 unspecified atom stereocenters. The van der Waals surface area contributed by atoms with Gasteiger partial charge in [-0.15, -0.1) is 5.10 Å². The second-order valence-electron chi connectivity index (χ2n) is 4.72. The van der Waals surface area contributed by atoms with Crippen molar-refractivity contribution >= 4 is 11.5 Å². The Hall–Kier alpha value is -0.480. The van der Waals surface area contributed by atoms with Crippen molar-refractivity contribution in [1.29, 1.82) is 0 Å². The molecule has 0 bridgehead atoms. The zero-order valence-corrected chi connectivity index (χ0v) is 9.72. The minimum absolute atomic E-state index is 0.708. The quantitative estimate of drug-likeness (QED) is 0.852. The minimum Gasteiger partial charge on any atom is -0.309 e. The molecule has 0 aliphatic heterocycles. The first-order chi connectivity index (χ1) is 7.43. The standard InChI is InChI=1S/C11H17N3S/c1-2-4-8(3-1)11-10(15-14-13-11)7-12-9-5-6-9/h8-9,12H,1-7H2. The maximum atomic E-state index is 4.33. The van der Waals surface area contributed by atoms with Crippen LogP contribution in [0, 0.1) is 0 Å². The number of hydrogen-bond donors (Lipinski definition) is 1. The van der Waals surface area contributed by atoms with E-state index in [4.69, 9.17) is 0 Å². The largest absolute Gasteiger partial charge is 0.309 e. The topological polar surface area (TPSA) is 37.8 Å². The summed E-state index contributed by atoms with van der Waals surface area (Å²) in [4.78, 5) is 1.38. The van der Waals surface area contributed by atoms with Crippen molar-refractivity contribution in [1.82, 2.24) is 14.9 Å². The van der Waals surface area contributed by atoms with Gasteiger partial charge in [0.1, 0.15) is 0 Å². The molecule has 82 valence electrons. The lowest BCUT2D eigenvalue weighted by Gasteiger charge is -2.07. The van der Waals surface area contributed by atoms with Crippen LogP contribution in [-0.4, -0.2) is 15.6 Å². The molecule has 1 N–H and O–H groups in total. The zero-order valence-electron chi connectivity index (χ0n) is 8.91. The second kappa shape index (κ2) is 4.18. The molecule has 0 saturated heterocycles. The van der Waals surface area contributed by atoms with E-state index in [2.05, 4.69) is 14.9 Å². The van der Waals surface area contributed by atoms with Gasteiger partial charge in [0.15, 0.2) is 0 Å². The van der Waals surface area contributed by atoms with E-state index in [9.17, 15) is 0 Å². The average molecular weight is 223 g/mol. The molecule has 1 heterocycles. The highest BCUT2D eigenvalue weighted by molar-refractivity contribution is 7.05. The van der Waals surface area contributed by atoms with E-state index >= 15 is 0 Å². The van der Waals surface area contributed by atoms with Crippen LogP contribution in [0.3, 0.4) is 0 Å². The Balaban J connectivity index is 1.67. The van der Waals surface area contributed by atoms with Gasteiger partial charge in [-0.2, -0.15) is 0 Å². The zero-order chi connectivity index (χ0) is 10.1. The molecule has 15 heavy (non-hydrogen) atoms. The molecule has 0 radical (unpaired) electrons. The maximum absolute atomic E-state index is 4.33. The smallest absolute Gasteiger partial charge is 0.0831 e. The van der Waals surface area contributed by atoms with E-state index in [1.807, 2.05) is 0 Å². The predicted octanol–water partition coefficient (Wildman–Crippen LogP) is 2.45. The van der Waals surface area contributed by atoms with Crippen LogP contribution in [0.1, 0.15) is 55.0 Å². The molecule has 3 nitrogen and oxygen atoms in total. The van der Waals surface area contributed by atoms with Gasteiger partial charge in [-0.1, -0.05) is 17.3 Å². The van der Waals surface area contributed by atoms with Crippen molar-refractivity contribution in [2.45, 2.75) is 57.0 Å². The lowest BCUT2D eigenvalue weighted by atomic mass is 10.0. The minimum atomic E-state index is 0.708. The normalized spacial score (nSPS) is 22.4. The third-order valence-electron chi connectivity index (χ3n) is 3.46. The van der Waals surface area contributed by atoms with Gasteiger partial charge < -0.3 is 5.32 Å². The summed E-state index contributed by atoms with van der Waals surface area (Å²) in [5.41, 5.74) is 1.30. The van der Waals surface area contributed by atoms with Crippen molar-refractivity contribution in [3.63, 3.8) is 0 Å². The molecule has 4 heteroatoms. The van der Waals surface area contributed by atoms with Crippen molar-refractivity contribution < 1.29 is 0 Å². The van der Waals surface area contributed by atoms with E-state index in [1.165, 1.54) is 49.1 Å². The van der Waals surface area contributed by atoms with Crippen LogP contribution in [0.25, 0.3) is 0 Å². The molecule has 0 spiro atoms. The summed E-state index contributed by atoms with van der Waals surface area (Å²) in [7, 11) is 0. The summed E-state index contributed by atoms with van der Waals surface area (Å²) >= 11 is 1.58. The SMILES string of the molecule is C1CCC(c2nnsc2CNC2CC2)C1. The summed E-state index contributed by atoms with van der Waals surface area (Å²) in [6, 6.07) is 0.781. The van der Waals surface area contributed by atoms with Crippen LogP contribution in [0.5, 0.6) is 0 Å². The van der Waals surface area contributed by atoms with Crippen molar-refractivity contribution in [2.24, 2.45) is 0 Å². The summed E-state index contributed by atoms with van der Waals surface area (Å²) in [5, 5.41) is 7.88. The highest BCUT2D eigenvalue weighted by Gasteiger charge is 2.25. The number of nitrogens with one attached hydrogen (secondary N) is 1. The Morgan fingerprint density at radius 1 is 1.20 bits per heavy atom. The summed E-state index contributed by atoms with van der Waals surface area (Å²) < 4.78 is 4.12. The van der Waals surface area contributed by atoms with Gasteiger partial charge in [0.25, 0.3) is 0 Å². The first-order valence-corrected chi connectivity index (χ1v) is 6.75. The van der Waals surface area contributed by atoms with Gasteiger partial charge in [-0.25, -0.2) is 0 Å². The summed E-state index contributed by atoms with van der Waals surface area (Å²) in [6.07, 6.45) is 8.09. The Kier molecular flexibility index (Phi) is 2.71. The second-order valence-corrected chi connectivity index (χ2v) is 5.56. The van der Waals surface area contributed by atoms with Gasteiger partial charge in [-0.05, 0) is 37.2 Å². The van der Waals surface area contributed by atoms with Crippen molar-refractivity contribution in [3.8, 4) is 0 Å². The average Bonchev–Trinajstić information content (AvgIpc) is 2.79. The summed E-state index contributed by atoms with van der Waals surface area (Å²) in [6.45, 7) is 0.994. The van der Waals surface area contributed by atoms with Crippen molar-refractivity contribution in [3.05, 3.63) is 10.6 Å². The van der Waals surface area contributed by atoms with Crippen LogP contribution in [0.15, 0.2) is 0 Å². The molecule has 2 aliphatic carbocycles. The fraction of sp³-hybridized carbons (Fsp3) is 0.818. The Labute approximate surface area is 94.4 Å². The number of rotatable bonds is 4. The van der Waals surface area contributed by atoms with E-state index in [0.29, 0.717) is 5.92 Å². The van der Waals surface area contributed by atoms with E-state index in [1.54, 1.807) is 11.5 Å². The molecule has 2 aliphatic rings. The lowest BCUT2D eigenvalue weighted by molar-refractivity contribution is 0.651. The maximum Gasteiger partial charge on any atom is 0.0831 e. The van der Waals surface area contributed by atoms with Gasteiger partial charge in [0.2, 0.25) is 0 Å². The van der Waals surface area contributed by atoms with Crippen LogP contribution >= 0.6 is 11.5 Å². The van der Waals surface area contributed by atoms with Gasteiger partial charge >= 0.3 is 0 Å². The molecule has 0 amide bonds. The first kappa shape index (κ1) is 9.73. The van der Waals surface area contributed by atoms with E-state index in [-0.39, 0.29) is 0 Å². The fourth-order valence-electron chi connectivity index (χ4n) is 2.37. The third kappa shape index (κ3) is 2.21. The van der Waals surface area contributed by atoms with Gasteiger partial charge in [0, 0.05) is 18.5 Å².